The molecule has 15 heavy (non-hydrogen) atoms. The van der Waals surface area contributed by atoms with Gasteiger partial charge in [-0.1, -0.05) is 43.2 Å². The van der Waals surface area contributed by atoms with Crippen molar-refractivity contribution in [2.75, 3.05) is 6.61 Å². The molecule has 1 rings (SSSR count). The van der Waals surface area contributed by atoms with Crippen LogP contribution >= 0.6 is 0 Å². The van der Waals surface area contributed by atoms with Crippen LogP contribution in [-0.4, -0.2) is 6.61 Å². The van der Waals surface area contributed by atoms with Crippen molar-refractivity contribution < 1.29 is 4.74 Å². The molecular formula is C14H20O. The lowest BCUT2D eigenvalue weighted by Gasteiger charge is -2.07. The molecule has 0 heterocycles. The Hall–Kier alpha value is -1.24. The molecule has 1 aromatic carbocycles. The highest BCUT2D eigenvalue weighted by molar-refractivity contribution is 5.35. The zero-order chi connectivity index (χ0) is 11.1. The second-order valence-corrected chi connectivity index (χ2v) is 3.84. The first kappa shape index (κ1) is 11.8. The molecule has 0 aliphatic heterocycles. The molecule has 0 bridgehead atoms. The fraction of sp³-hybridized carbons (Fsp3) is 0.429. The van der Waals surface area contributed by atoms with E-state index in [1.165, 1.54) is 17.5 Å². The molecule has 0 N–H and O–H groups in total. The summed E-state index contributed by atoms with van der Waals surface area (Å²) in [7, 11) is 0. The van der Waals surface area contributed by atoms with Crippen LogP contribution in [-0.2, 0) is 0 Å². The van der Waals surface area contributed by atoms with Crippen LogP contribution in [0.3, 0.4) is 0 Å². The summed E-state index contributed by atoms with van der Waals surface area (Å²) in [4.78, 5) is 0. The number of unbranched alkanes of at least 4 members (excludes halogenated alkanes) is 1. The number of aryl methyl sites for hydroxylation is 2. The average molecular weight is 204 g/mol. The largest absolute Gasteiger partial charge is 0.489 e. The van der Waals surface area contributed by atoms with E-state index in [0.717, 1.165) is 12.2 Å². The number of rotatable bonds is 5. The third-order valence-electron chi connectivity index (χ3n) is 2.29. The molecule has 0 spiro atoms. The van der Waals surface area contributed by atoms with E-state index in [9.17, 15) is 0 Å². The molecule has 0 unspecified atom stereocenters. The van der Waals surface area contributed by atoms with E-state index >= 15 is 0 Å². The molecule has 1 nitrogen and oxygen atoms in total. The number of hydrogen-bond donors (Lipinski definition) is 0. The summed E-state index contributed by atoms with van der Waals surface area (Å²) in [6.45, 7) is 7.02. The first-order chi connectivity index (χ1) is 7.24. The Morgan fingerprint density at radius 1 is 1.20 bits per heavy atom. The molecule has 0 amide bonds. The fourth-order valence-corrected chi connectivity index (χ4v) is 1.45. The third-order valence-corrected chi connectivity index (χ3v) is 2.29. The molecule has 1 aromatic rings. The van der Waals surface area contributed by atoms with Gasteiger partial charge in [-0.2, -0.15) is 0 Å². The van der Waals surface area contributed by atoms with Gasteiger partial charge in [0, 0.05) is 0 Å². The summed E-state index contributed by atoms with van der Waals surface area (Å²) < 4.78 is 5.65. The van der Waals surface area contributed by atoms with E-state index < -0.39 is 0 Å². The lowest BCUT2D eigenvalue weighted by atomic mass is 10.1. The van der Waals surface area contributed by atoms with Crippen LogP contribution in [0.25, 0.3) is 0 Å². The maximum Gasteiger partial charge on any atom is 0.122 e. The van der Waals surface area contributed by atoms with Crippen LogP contribution < -0.4 is 4.74 Å². The van der Waals surface area contributed by atoms with Gasteiger partial charge in [-0.15, -0.1) is 0 Å². The molecular weight excluding hydrogens is 184 g/mol. The van der Waals surface area contributed by atoms with Crippen molar-refractivity contribution in [1.29, 1.82) is 0 Å². The monoisotopic (exact) mass is 204 g/mol. The summed E-state index contributed by atoms with van der Waals surface area (Å²) in [5, 5.41) is 0. The Balaban J connectivity index is 2.44. The molecule has 0 fully saturated rings. The molecule has 0 radical (unpaired) electrons. The van der Waals surface area contributed by atoms with E-state index in [-0.39, 0.29) is 0 Å². The first-order valence-electron chi connectivity index (χ1n) is 5.59. The second kappa shape index (κ2) is 6.28. The number of allylic oxidation sites excluding steroid dienone is 1. The van der Waals surface area contributed by atoms with Crippen molar-refractivity contribution in [3.05, 3.63) is 41.5 Å². The van der Waals surface area contributed by atoms with Gasteiger partial charge in [0.15, 0.2) is 0 Å². The van der Waals surface area contributed by atoms with Crippen LogP contribution in [0.4, 0.5) is 0 Å². The Kier molecular flexibility index (Phi) is 4.96. The van der Waals surface area contributed by atoms with Crippen LogP contribution in [0.1, 0.15) is 30.9 Å². The van der Waals surface area contributed by atoms with Crippen molar-refractivity contribution in [2.45, 2.75) is 33.6 Å². The van der Waals surface area contributed by atoms with Crippen molar-refractivity contribution in [3.8, 4) is 5.75 Å². The number of benzene rings is 1. The van der Waals surface area contributed by atoms with Gasteiger partial charge >= 0.3 is 0 Å². The maximum atomic E-state index is 5.65. The Morgan fingerprint density at radius 3 is 2.67 bits per heavy atom. The molecule has 1 heteroatoms. The first-order valence-corrected chi connectivity index (χ1v) is 5.59. The molecule has 0 saturated heterocycles. The Labute approximate surface area is 92.8 Å². The number of hydrogen-bond acceptors (Lipinski definition) is 1. The lowest BCUT2D eigenvalue weighted by Crippen LogP contribution is -1.95. The van der Waals surface area contributed by atoms with Crippen molar-refractivity contribution in [1.82, 2.24) is 0 Å². The van der Waals surface area contributed by atoms with Crippen LogP contribution in [0, 0.1) is 13.8 Å². The van der Waals surface area contributed by atoms with Gasteiger partial charge in [0.25, 0.3) is 0 Å². The molecule has 0 atom stereocenters. The minimum Gasteiger partial charge on any atom is -0.489 e. The predicted molar refractivity (Wildman–Crippen MR) is 65.5 cm³/mol. The van der Waals surface area contributed by atoms with E-state index in [2.05, 4.69) is 45.1 Å². The van der Waals surface area contributed by atoms with Crippen molar-refractivity contribution in [3.63, 3.8) is 0 Å². The lowest BCUT2D eigenvalue weighted by molar-refractivity contribution is 0.360. The molecule has 82 valence electrons. The smallest absolute Gasteiger partial charge is 0.122 e. The minimum atomic E-state index is 0.671. The van der Waals surface area contributed by atoms with Gasteiger partial charge < -0.3 is 4.74 Å². The van der Waals surface area contributed by atoms with Crippen molar-refractivity contribution in [2.24, 2.45) is 0 Å². The van der Waals surface area contributed by atoms with Crippen LogP contribution in [0.2, 0.25) is 0 Å². The Morgan fingerprint density at radius 2 is 2.00 bits per heavy atom. The second-order valence-electron chi connectivity index (χ2n) is 3.84. The minimum absolute atomic E-state index is 0.671. The summed E-state index contributed by atoms with van der Waals surface area (Å²) >= 11 is 0. The van der Waals surface area contributed by atoms with Gasteiger partial charge in [-0.3, -0.25) is 0 Å². The molecule has 0 aliphatic rings. The quantitative estimate of drug-likeness (QED) is 0.658. The molecule has 0 aromatic heterocycles. The summed E-state index contributed by atoms with van der Waals surface area (Å²) in [6.07, 6.45) is 6.59. The van der Waals surface area contributed by atoms with Crippen LogP contribution in [0.15, 0.2) is 30.4 Å². The van der Waals surface area contributed by atoms with E-state index in [4.69, 9.17) is 4.74 Å². The van der Waals surface area contributed by atoms with Gasteiger partial charge in [0.05, 0.1) is 0 Å². The van der Waals surface area contributed by atoms with E-state index in [1.54, 1.807) is 0 Å². The summed E-state index contributed by atoms with van der Waals surface area (Å²) in [6, 6.07) is 6.27. The predicted octanol–water partition coefficient (Wildman–Crippen LogP) is 4.04. The van der Waals surface area contributed by atoms with Gasteiger partial charge in [0.1, 0.15) is 12.4 Å². The van der Waals surface area contributed by atoms with Crippen molar-refractivity contribution >= 4 is 0 Å². The summed E-state index contributed by atoms with van der Waals surface area (Å²) in [5.74, 6) is 0.988. The SMILES string of the molecule is CCC/C=C/COc1ccc(C)cc1C. The standard InChI is InChI=1S/C14H20O/c1-4-5-6-7-10-15-14-9-8-12(2)11-13(14)3/h6-9,11H,4-5,10H2,1-3H3/b7-6+. The van der Waals surface area contributed by atoms with Crippen LogP contribution in [0.5, 0.6) is 5.75 Å². The van der Waals surface area contributed by atoms with Gasteiger partial charge in [-0.25, -0.2) is 0 Å². The Bertz CT molecular complexity index is 326. The fourth-order valence-electron chi connectivity index (χ4n) is 1.45. The topological polar surface area (TPSA) is 9.23 Å². The number of ether oxygens (including phenoxy) is 1. The van der Waals surface area contributed by atoms with Gasteiger partial charge in [0.2, 0.25) is 0 Å². The highest BCUT2D eigenvalue weighted by Crippen LogP contribution is 2.18. The summed E-state index contributed by atoms with van der Waals surface area (Å²) in [5.41, 5.74) is 2.49. The van der Waals surface area contributed by atoms with Gasteiger partial charge in [-0.05, 0) is 31.9 Å². The molecule has 0 saturated carbocycles. The molecule has 0 aliphatic carbocycles. The highest BCUT2D eigenvalue weighted by atomic mass is 16.5. The van der Waals surface area contributed by atoms with E-state index in [0.29, 0.717) is 6.61 Å². The van der Waals surface area contributed by atoms with E-state index in [1.807, 2.05) is 6.07 Å². The highest BCUT2D eigenvalue weighted by Gasteiger charge is 1.97. The zero-order valence-electron chi connectivity index (χ0n) is 9.92. The third kappa shape index (κ3) is 4.20. The maximum absolute atomic E-state index is 5.65. The average Bonchev–Trinajstić information content (AvgIpc) is 2.20. The zero-order valence-corrected chi connectivity index (χ0v) is 9.92. The normalized spacial score (nSPS) is 10.9.